The third-order valence-corrected chi connectivity index (χ3v) is 20.2. The van der Waals surface area contributed by atoms with Crippen molar-refractivity contribution < 1.29 is 40.8 Å². The second kappa shape index (κ2) is 13.5. The minimum absolute atomic E-state index is 0.0219. The molecule has 1 heterocycles. The van der Waals surface area contributed by atoms with Crippen molar-refractivity contribution >= 4 is 32.7 Å². The Hall–Kier alpha value is -1.13. The van der Waals surface area contributed by atoms with Gasteiger partial charge in [0.25, 0.3) is 10.1 Å². The van der Waals surface area contributed by atoms with Crippen LogP contribution in [0.5, 0.6) is 0 Å². The molecule has 9 nitrogen and oxygen atoms in total. The Kier molecular flexibility index (Phi) is 11.9. The maximum Gasteiger partial charge on any atom is 0.338 e. The van der Waals surface area contributed by atoms with Crippen LogP contribution in [0.3, 0.4) is 0 Å². The number of carbonyl (C=O) groups is 1. The van der Waals surface area contributed by atoms with Crippen molar-refractivity contribution in [1.29, 1.82) is 0 Å². The molecule has 1 aromatic rings. The zero-order valence-corrected chi connectivity index (χ0v) is 30.6. The zero-order valence-electron chi connectivity index (χ0n) is 27.8. The van der Waals surface area contributed by atoms with Crippen molar-refractivity contribution in [1.82, 2.24) is 0 Å². The van der Waals surface area contributed by atoms with Crippen LogP contribution in [0, 0.1) is 0 Å². The van der Waals surface area contributed by atoms with Gasteiger partial charge in [-0.2, -0.15) is 8.42 Å². The lowest BCUT2D eigenvalue weighted by atomic mass is 9.86. The monoisotopic (exact) mass is 646 g/mol. The van der Waals surface area contributed by atoms with Crippen LogP contribution < -0.4 is 0 Å². The molecule has 12 heteroatoms. The van der Waals surface area contributed by atoms with E-state index >= 15 is 0 Å². The molecule has 0 bridgehead atoms. The van der Waals surface area contributed by atoms with Crippen LogP contribution in [-0.2, 0) is 32.6 Å². The zero-order chi connectivity index (χ0) is 32.5. The average molecular weight is 647 g/mol. The summed E-state index contributed by atoms with van der Waals surface area (Å²) in [6.45, 7) is 24.6. The van der Waals surface area contributed by atoms with Crippen molar-refractivity contribution in [2.45, 2.75) is 134 Å². The SMILES string of the molecule is CC(C)[Si](O[C@@H]1O[C@H](CO[Si](C)(C)C(C)(C)C)[C@@](C)(O)[C@H](OS(C)(=O)=O)[C@H]1OC(=O)c1ccccc1)(C(C)C)C(C)C. The fraction of sp³-hybridized carbons (Fsp3) is 0.767. The summed E-state index contributed by atoms with van der Waals surface area (Å²) in [6.07, 6.45) is -4.26. The fourth-order valence-electron chi connectivity index (χ4n) is 5.67. The molecule has 1 aromatic carbocycles. The van der Waals surface area contributed by atoms with Gasteiger partial charge >= 0.3 is 5.97 Å². The lowest BCUT2D eigenvalue weighted by Gasteiger charge is -2.53. The van der Waals surface area contributed by atoms with Crippen LogP contribution in [0.1, 0.15) is 79.6 Å². The number of rotatable bonds is 12. The van der Waals surface area contributed by atoms with Crippen molar-refractivity contribution in [2.75, 3.05) is 12.9 Å². The van der Waals surface area contributed by atoms with E-state index < -0.39 is 62.9 Å². The summed E-state index contributed by atoms with van der Waals surface area (Å²) in [5.41, 5.74) is -1.23. The van der Waals surface area contributed by atoms with E-state index in [1.165, 1.54) is 6.92 Å². The molecular weight excluding hydrogens is 593 g/mol. The molecule has 2 rings (SSSR count). The van der Waals surface area contributed by atoms with Gasteiger partial charge in [0, 0.05) is 0 Å². The predicted molar refractivity (Wildman–Crippen MR) is 170 cm³/mol. The Labute approximate surface area is 256 Å². The molecule has 0 aromatic heterocycles. The average Bonchev–Trinajstić information content (AvgIpc) is 2.83. The fourth-order valence-corrected chi connectivity index (χ4v) is 12.8. The first kappa shape index (κ1) is 37.1. The summed E-state index contributed by atoms with van der Waals surface area (Å²) in [5, 5.41) is 11.8. The molecule has 1 fully saturated rings. The van der Waals surface area contributed by atoms with Gasteiger partial charge in [0.05, 0.1) is 18.4 Å². The molecule has 242 valence electrons. The molecule has 0 aliphatic carbocycles. The predicted octanol–water partition coefficient (Wildman–Crippen LogP) is 6.25. The largest absolute Gasteiger partial charge is 0.450 e. The normalized spacial score (nSPS) is 26.2. The number of aliphatic hydroxyl groups is 1. The van der Waals surface area contributed by atoms with E-state index in [9.17, 15) is 18.3 Å². The van der Waals surface area contributed by atoms with Gasteiger partial charge in [0.1, 0.15) is 17.8 Å². The molecular formula is C30H54O9SSi2. The number of carbonyl (C=O) groups excluding carboxylic acids is 1. The second-order valence-electron chi connectivity index (χ2n) is 14.2. The standard InChI is InChI=1S/C30H54O9SSi2/c1-20(2)42(21(3)4,22(5)6)39-28-25(37-27(31)23-17-15-14-16-18-23)26(38-40(11,33)34)30(10,32)24(36-28)19-35-41(12,13)29(7,8)9/h14-18,20-22,24-26,28,32H,19H2,1-13H3/t24-,25-,26-,28+,30-/m1/s1. The van der Waals surface area contributed by atoms with Crippen molar-refractivity contribution in [3.63, 3.8) is 0 Å². The lowest BCUT2D eigenvalue weighted by Crippen LogP contribution is -2.70. The van der Waals surface area contributed by atoms with Gasteiger partial charge < -0.3 is 23.4 Å². The highest BCUT2D eigenvalue weighted by atomic mass is 32.2. The Morgan fingerprint density at radius 3 is 1.95 bits per heavy atom. The first-order chi connectivity index (χ1) is 19.0. The smallest absolute Gasteiger partial charge is 0.338 e. The van der Waals surface area contributed by atoms with E-state index in [-0.39, 0.29) is 33.8 Å². The molecule has 0 saturated carbocycles. The summed E-state index contributed by atoms with van der Waals surface area (Å²) in [6, 6.07) is 8.36. The minimum atomic E-state index is -4.12. The first-order valence-corrected chi connectivity index (χ1v) is 21.7. The van der Waals surface area contributed by atoms with Crippen LogP contribution in [0.25, 0.3) is 0 Å². The van der Waals surface area contributed by atoms with Crippen molar-refractivity contribution in [2.24, 2.45) is 0 Å². The summed E-state index contributed by atoms with van der Waals surface area (Å²) in [4.78, 5) is 13.4. The van der Waals surface area contributed by atoms with E-state index in [1.54, 1.807) is 30.3 Å². The summed E-state index contributed by atoms with van der Waals surface area (Å²) in [7, 11) is -9.09. The summed E-state index contributed by atoms with van der Waals surface area (Å²) in [5.74, 6) is -0.711. The maximum atomic E-state index is 13.4. The minimum Gasteiger partial charge on any atom is -0.450 e. The topological polar surface area (TPSA) is 118 Å². The Balaban J connectivity index is 2.70. The van der Waals surface area contributed by atoms with E-state index in [0.717, 1.165) is 6.26 Å². The highest BCUT2D eigenvalue weighted by Crippen LogP contribution is 2.46. The molecule has 0 amide bonds. The molecule has 1 aliphatic heterocycles. The quantitative estimate of drug-likeness (QED) is 0.160. The second-order valence-corrected chi connectivity index (χ2v) is 26.0. The number of ether oxygens (including phenoxy) is 2. The highest BCUT2D eigenvalue weighted by molar-refractivity contribution is 7.86. The molecule has 5 atom stereocenters. The summed E-state index contributed by atoms with van der Waals surface area (Å²) >= 11 is 0. The third kappa shape index (κ3) is 8.32. The Bertz CT molecular complexity index is 1120. The maximum absolute atomic E-state index is 13.4. The van der Waals surface area contributed by atoms with Crippen molar-refractivity contribution in [3.8, 4) is 0 Å². The van der Waals surface area contributed by atoms with Crippen molar-refractivity contribution in [3.05, 3.63) is 35.9 Å². The van der Waals surface area contributed by atoms with Gasteiger partial charge in [-0.3, -0.25) is 4.18 Å². The molecule has 1 N–H and O–H groups in total. The number of hydrogen-bond acceptors (Lipinski definition) is 9. The van der Waals surface area contributed by atoms with Gasteiger partial charge in [-0.25, -0.2) is 4.79 Å². The van der Waals surface area contributed by atoms with Crippen LogP contribution in [-0.4, -0.2) is 79.2 Å². The number of esters is 1. The van der Waals surface area contributed by atoms with Gasteiger partial charge in [-0.05, 0) is 53.8 Å². The first-order valence-electron chi connectivity index (χ1n) is 14.8. The Morgan fingerprint density at radius 1 is 1.02 bits per heavy atom. The van der Waals surface area contributed by atoms with Crippen LogP contribution in [0.2, 0.25) is 34.8 Å². The lowest BCUT2D eigenvalue weighted by molar-refractivity contribution is -0.304. The molecule has 0 unspecified atom stereocenters. The van der Waals surface area contributed by atoms with E-state index in [1.807, 2.05) is 0 Å². The molecule has 0 spiro atoms. The van der Waals surface area contributed by atoms with Crippen LogP contribution in [0.15, 0.2) is 30.3 Å². The molecule has 1 saturated heterocycles. The van der Waals surface area contributed by atoms with E-state index in [4.69, 9.17) is 22.5 Å². The molecule has 0 radical (unpaired) electrons. The van der Waals surface area contributed by atoms with E-state index in [0.29, 0.717) is 0 Å². The number of hydrogen-bond donors (Lipinski definition) is 1. The van der Waals surface area contributed by atoms with Gasteiger partial charge in [0.2, 0.25) is 8.32 Å². The highest BCUT2D eigenvalue weighted by Gasteiger charge is 2.60. The molecule has 42 heavy (non-hydrogen) atoms. The summed E-state index contributed by atoms with van der Waals surface area (Å²) < 4.78 is 56.7. The third-order valence-electron chi connectivity index (χ3n) is 9.05. The van der Waals surface area contributed by atoms with Gasteiger partial charge in [-0.15, -0.1) is 0 Å². The van der Waals surface area contributed by atoms with Crippen LogP contribution in [0.4, 0.5) is 0 Å². The number of benzene rings is 1. The Morgan fingerprint density at radius 2 is 1.52 bits per heavy atom. The van der Waals surface area contributed by atoms with Crippen LogP contribution >= 0.6 is 0 Å². The van der Waals surface area contributed by atoms with E-state index in [2.05, 4.69) is 75.4 Å². The van der Waals surface area contributed by atoms with Gasteiger partial charge in [-0.1, -0.05) is 80.5 Å². The molecule has 1 aliphatic rings. The van der Waals surface area contributed by atoms with Gasteiger partial charge in [0.15, 0.2) is 20.7 Å².